The standard InChI is InChI=1S/C14H15N3O/c1-4-10-7-11(5-6-13(10)18-3)14-16-12(8-15)9-17(14)2/h5-7,9H,4H2,1-3H3. The van der Waals surface area contributed by atoms with Crippen LogP contribution in [-0.2, 0) is 13.5 Å². The van der Waals surface area contributed by atoms with Crippen LogP contribution in [0.1, 0.15) is 18.2 Å². The molecule has 92 valence electrons. The minimum atomic E-state index is 0.432. The zero-order chi connectivity index (χ0) is 13.1. The second kappa shape index (κ2) is 4.92. The van der Waals surface area contributed by atoms with E-state index in [1.807, 2.05) is 23.7 Å². The van der Waals surface area contributed by atoms with Crippen LogP contribution in [0.25, 0.3) is 11.4 Å². The second-order valence-electron chi connectivity index (χ2n) is 4.05. The van der Waals surface area contributed by atoms with E-state index in [0.717, 1.165) is 29.1 Å². The van der Waals surface area contributed by atoms with E-state index in [0.29, 0.717) is 5.69 Å². The largest absolute Gasteiger partial charge is 0.496 e. The van der Waals surface area contributed by atoms with E-state index in [-0.39, 0.29) is 0 Å². The molecule has 2 aromatic rings. The molecule has 0 amide bonds. The maximum absolute atomic E-state index is 8.86. The van der Waals surface area contributed by atoms with Crippen LogP contribution in [-0.4, -0.2) is 16.7 Å². The molecule has 0 atom stereocenters. The molecule has 0 saturated carbocycles. The van der Waals surface area contributed by atoms with Crippen molar-refractivity contribution >= 4 is 0 Å². The van der Waals surface area contributed by atoms with Crippen LogP contribution < -0.4 is 4.74 Å². The molecule has 0 radical (unpaired) electrons. The number of nitrogens with zero attached hydrogens (tertiary/aromatic N) is 3. The van der Waals surface area contributed by atoms with E-state index in [4.69, 9.17) is 10.00 Å². The zero-order valence-electron chi connectivity index (χ0n) is 10.8. The fourth-order valence-electron chi connectivity index (χ4n) is 1.98. The average molecular weight is 241 g/mol. The molecule has 0 spiro atoms. The smallest absolute Gasteiger partial charge is 0.159 e. The molecule has 18 heavy (non-hydrogen) atoms. The highest BCUT2D eigenvalue weighted by molar-refractivity contribution is 5.60. The van der Waals surface area contributed by atoms with Gasteiger partial charge in [-0.2, -0.15) is 5.26 Å². The minimum Gasteiger partial charge on any atom is -0.496 e. The number of imidazole rings is 1. The first kappa shape index (κ1) is 12.2. The van der Waals surface area contributed by atoms with Gasteiger partial charge in [0.1, 0.15) is 17.6 Å². The predicted molar refractivity (Wildman–Crippen MR) is 69.3 cm³/mol. The van der Waals surface area contributed by atoms with Gasteiger partial charge in [0, 0.05) is 18.8 Å². The molecule has 0 aliphatic carbocycles. The first-order valence-corrected chi connectivity index (χ1v) is 5.80. The monoisotopic (exact) mass is 241 g/mol. The molecule has 0 saturated heterocycles. The molecular formula is C14H15N3O. The van der Waals surface area contributed by atoms with Crippen LogP contribution in [0.4, 0.5) is 0 Å². The Morgan fingerprint density at radius 3 is 2.78 bits per heavy atom. The maximum atomic E-state index is 8.86. The number of methoxy groups -OCH3 is 1. The van der Waals surface area contributed by atoms with E-state index in [1.54, 1.807) is 13.3 Å². The predicted octanol–water partition coefficient (Wildman–Crippen LogP) is 2.53. The fraction of sp³-hybridized carbons (Fsp3) is 0.286. The first-order chi connectivity index (χ1) is 8.69. The Balaban J connectivity index is 2.51. The maximum Gasteiger partial charge on any atom is 0.159 e. The Labute approximate surface area is 106 Å². The van der Waals surface area contributed by atoms with Crippen molar-refractivity contribution < 1.29 is 4.74 Å². The Hall–Kier alpha value is -2.28. The van der Waals surface area contributed by atoms with Crippen molar-refractivity contribution in [2.75, 3.05) is 7.11 Å². The number of hydrogen-bond donors (Lipinski definition) is 0. The van der Waals surface area contributed by atoms with Gasteiger partial charge in [-0.05, 0) is 30.2 Å². The van der Waals surface area contributed by atoms with Gasteiger partial charge in [-0.25, -0.2) is 4.98 Å². The number of ether oxygens (including phenoxy) is 1. The molecule has 0 bridgehead atoms. The van der Waals surface area contributed by atoms with E-state index in [9.17, 15) is 0 Å². The van der Waals surface area contributed by atoms with Gasteiger partial charge in [0.15, 0.2) is 5.69 Å². The number of nitriles is 1. The van der Waals surface area contributed by atoms with Crippen molar-refractivity contribution in [3.8, 4) is 23.2 Å². The summed E-state index contributed by atoms with van der Waals surface area (Å²) < 4.78 is 7.17. The van der Waals surface area contributed by atoms with Gasteiger partial charge in [-0.15, -0.1) is 0 Å². The molecule has 0 N–H and O–H groups in total. The van der Waals surface area contributed by atoms with E-state index >= 15 is 0 Å². The molecule has 1 aromatic carbocycles. The summed E-state index contributed by atoms with van der Waals surface area (Å²) in [6.07, 6.45) is 2.62. The summed E-state index contributed by atoms with van der Waals surface area (Å²) in [5.74, 6) is 1.68. The summed E-state index contributed by atoms with van der Waals surface area (Å²) in [4.78, 5) is 4.29. The molecule has 0 unspecified atom stereocenters. The summed E-state index contributed by atoms with van der Waals surface area (Å²) in [5, 5.41) is 8.86. The normalized spacial score (nSPS) is 10.1. The molecule has 0 fully saturated rings. The molecule has 0 aliphatic rings. The van der Waals surface area contributed by atoms with Gasteiger partial charge in [0.05, 0.1) is 7.11 Å². The molecule has 4 nitrogen and oxygen atoms in total. The van der Waals surface area contributed by atoms with Crippen molar-refractivity contribution in [3.63, 3.8) is 0 Å². The van der Waals surface area contributed by atoms with Gasteiger partial charge in [0.2, 0.25) is 0 Å². The van der Waals surface area contributed by atoms with Gasteiger partial charge >= 0.3 is 0 Å². The Bertz CT molecular complexity index is 608. The lowest BCUT2D eigenvalue weighted by atomic mass is 10.1. The van der Waals surface area contributed by atoms with E-state index in [1.165, 1.54) is 0 Å². The van der Waals surface area contributed by atoms with Gasteiger partial charge < -0.3 is 9.30 Å². The summed E-state index contributed by atoms with van der Waals surface area (Å²) in [7, 11) is 3.56. The number of hydrogen-bond acceptors (Lipinski definition) is 3. The Kier molecular flexibility index (Phi) is 3.33. The molecular weight excluding hydrogens is 226 g/mol. The third-order valence-corrected chi connectivity index (χ3v) is 2.91. The number of rotatable bonds is 3. The van der Waals surface area contributed by atoms with E-state index < -0.39 is 0 Å². The van der Waals surface area contributed by atoms with Gasteiger partial charge in [-0.1, -0.05) is 6.92 Å². The van der Waals surface area contributed by atoms with Crippen LogP contribution in [0.15, 0.2) is 24.4 Å². The van der Waals surface area contributed by atoms with Crippen LogP contribution in [0, 0.1) is 11.3 Å². The lowest BCUT2D eigenvalue weighted by Crippen LogP contribution is -1.95. The molecule has 2 rings (SSSR count). The Morgan fingerprint density at radius 1 is 1.44 bits per heavy atom. The average Bonchev–Trinajstić information content (AvgIpc) is 2.79. The minimum absolute atomic E-state index is 0.432. The van der Waals surface area contributed by atoms with Gasteiger partial charge in [0.25, 0.3) is 0 Å². The molecule has 1 aromatic heterocycles. The Morgan fingerprint density at radius 2 is 2.22 bits per heavy atom. The van der Waals surface area contributed by atoms with Crippen molar-refractivity contribution in [2.45, 2.75) is 13.3 Å². The topological polar surface area (TPSA) is 50.8 Å². The summed E-state index contributed by atoms with van der Waals surface area (Å²) in [5.41, 5.74) is 2.56. The number of aryl methyl sites for hydroxylation is 2. The summed E-state index contributed by atoms with van der Waals surface area (Å²) in [6, 6.07) is 8.01. The number of benzene rings is 1. The van der Waals surface area contributed by atoms with Crippen LogP contribution >= 0.6 is 0 Å². The van der Waals surface area contributed by atoms with Crippen molar-refractivity contribution in [3.05, 3.63) is 35.7 Å². The van der Waals surface area contributed by atoms with Crippen LogP contribution in [0.2, 0.25) is 0 Å². The zero-order valence-corrected chi connectivity index (χ0v) is 10.8. The highest BCUT2D eigenvalue weighted by Gasteiger charge is 2.10. The first-order valence-electron chi connectivity index (χ1n) is 5.80. The lowest BCUT2D eigenvalue weighted by molar-refractivity contribution is 0.410. The van der Waals surface area contributed by atoms with Crippen LogP contribution in [0.3, 0.4) is 0 Å². The molecule has 0 aliphatic heterocycles. The quantitative estimate of drug-likeness (QED) is 0.829. The lowest BCUT2D eigenvalue weighted by Gasteiger charge is -2.09. The fourth-order valence-corrected chi connectivity index (χ4v) is 1.98. The third-order valence-electron chi connectivity index (χ3n) is 2.91. The van der Waals surface area contributed by atoms with Crippen molar-refractivity contribution in [1.29, 1.82) is 5.26 Å². The molecule has 1 heterocycles. The number of aromatic nitrogens is 2. The van der Waals surface area contributed by atoms with E-state index in [2.05, 4.69) is 24.0 Å². The summed E-state index contributed by atoms with van der Waals surface area (Å²) >= 11 is 0. The summed E-state index contributed by atoms with van der Waals surface area (Å²) in [6.45, 7) is 2.08. The highest BCUT2D eigenvalue weighted by Crippen LogP contribution is 2.26. The van der Waals surface area contributed by atoms with Crippen molar-refractivity contribution in [1.82, 2.24) is 9.55 Å². The van der Waals surface area contributed by atoms with Gasteiger partial charge in [-0.3, -0.25) is 0 Å². The second-order valence-corrected chi connectivity index (χ2v) is 4.05. The van der Waals surface area contributed by atoms with Crippen molar-refractivity contribution in [2.24, 2.45) is 7.05 Å². The van der Waals surface area contributed by atoms with Crippen LogP contribution in [0.5, 0.6) is 5.75 Å². The third kappa shape index (κ3) is 2.07. The SMILES string of the molecule is CCc1cc(-c2nc(C#N)cn2C)ccc1OC. The highest BCUT2D eigenvalue weighted by atomic mass is 16.5. The molecule has 4 heteroatoms.